The second-order valence-corrected chi connectivity index (χ2v) is 6.77. The number of hydrogen-bond acceptors (Lipinski definition) is 5. The lowest BCUT2D eigenvalue weighted by atomic mass is 9.95. The Bertz CT molecular complexity index is 420. The number of esters is 1. The number of aliphatic hydroxyl groups excluding tert-OH is 1. The molecule has 0 spiro atoms. The molecule has 2 aliphatic heterocycles. The van der Waals surface area contributed by atoms with Crippen LogP contribution in [-0.2, 0) is 19.0 Å². The molecule has 132 valence electrons. The smallest absolute Gasteiger partial charge is 0.308 e. The maximum Gasteiger partial charge on any atom is 0.308 e. The molecule has 2 aliphatic rings. The molecule has 5 atom stereocenters. The van der Waals surface area contributed by atoms with Crippen LogP contribution in [0.1, 0.15) is 58.8 Å². The van der Waals surface area contributed by atoms with Crippen LogP contribution in [0.25, 0.3) is 0 Å². The molecule has 0 aromatic rings. The second-order valence-electron chi connectivity index (χ2n) is 6.77. The van der Waals surface area contributed by atoms with Crippen molar-refractivity contribution in [2.75, 3.05) is 7.11 Å². The summed E-state index contributed by atoms with van der Waals surface area (Å²) in [6.07, 6.45) is 5.76. The molecule has 2 bridgehead atoms. The van der Waals surface area contributed by atoms with Gasteiger partial charge in [0.25, 0.3) is 0 Å². The average molecular weight is 326 g/mol. The number of aliphatic hydroxyl groups is 1. The van der Waals surface area contributed by atoms with Gasteiger partial charge < -0.3 is 19.3 Å². The fourth-order valence-corrected chi connectivity index (χ4v) is 3.46. The van der Waals surface area contributed by atoms with Crippen LogP contribution in [0.2, 0.25) is 0 Å². The summed E-state index contributed by atoms with van der Waals surface area (Å²) in [4.78, 5) is 12.2. The number of methoxy groups -OCH3 is 1. The van der Waals surface area contributed by atoms with E-state index in [1.54, 1.807) is 7.11 Å². The number of rotatable bonds is 3. The fraction of sp³-hybridized carbons (Fsp3) is 0.833. The number of cyclic esters (lactones) is 1. The highest BCUT2D eigenvalue weighted by Gasteiger charge is 2.32. The van der Waals surface area contributed by atoms with Gasteiger partial charge in [-0.1, -0.05) is 25.0 Å². The molecule has 2 heterocycles. The molecule has 0 saturated carbocycles. The van der Waals surface area contributed by atoms with E-state index in [9.17, 15) is 9.90 Å². The first-order chi connectivity index (χ1) is 11.0. The SMILES string of the molecule is CCC[C@@H]1C[C@@H](OC)C/C(C)=C\[C@H]2CC[C@H](O)[C@@H](CC(=O)O1)O2. The molecular formula is C18H30O5. The third kappa shape index (κ3) is 5.59. The monoisotopic (exact) mass is 326 g/mol. The van der Waals surface area contributed by atoms with E-state index in [1.165, 1.54) is 5.57 Å². The summed E-state index contributed by atoms with van der Waals surface area (Å²) in [5.74, 6) is -0.288. The topological polar surface area (TPSA) is 65.0 Å². The molecular weight excluding hydrogens is 296 g/mol. The van der Waals surface area contributed by atoms with Crippen LogP contribution in [0.3, 0.4) is 0 Å². The summed E-state index contributed by atoms with van der Waals surface area (Å²) in [5, 5.41) is 10.1. The van der Waals surface area contributed by atoms with Gasteiger partial charge in [0.05, 0.1) is 30.8 Å². The van der Waals surface area contributed by atoms with Crippen LogP contribution in [0, 0.1) is 0 Å². The lowest BCUT2D eigenvalue weighted by Crippen LogP contribution is -2.40. The van der Waals surface area contributed by atoms with Gasteiger partial charge in [0.15, 0.2) is 0 Å². The molecule has 0 radical (unpaired) electrons. The zero-order chi connectivity index (χ0) is 16.8. The minimum atomic E-state index is -0.591. The van der Waals surface area contributed by atoms with Gasteiger partial charge in [-0.15, -0.1) is 0 Å². The highest BCUT2D eigenvalue weighted by atomic mass is 16.6. The van der Waals surface area contributed by atoms with E-state index in [-0.39, 0.29) is 30.7 Å². The Morgan fingerprint density at radius 1 is 1.35 bits per heavy atom. The zero-order valence-corrected chi connectivity index (χ0v) is 14.5. The van der Waals surface area contributed by atoms with Gasteiger partial charge in [-0.3, -0.25) is 4.79 Å². The summed E-state index contributed by atoms with van der Waals surface area (Å²) in [6.45, 7) is 4.16. The van der Waals surface area contributed by atoms with Crippen LogP contribution in [-0.4, -0.2) is 48.7 Å². The van der Waals surface area contributed by atoms with Gasteiger partial charge >= 0.3 is 5.97 Å². The largest absolute Gasteiger partial charge is 0.462 e. The zero-order valence-electron chi connectivity index (χ0n) is 14.5. The van der Waals surface area contributed by atoms with Crippen molar-refractivity contribution in [3.8, 4) is 0 Å². The van der Waals surface area contributed by atoms with Crippen LogP contribution >= 0.6 is 0 Å². The molecule has 1 fully saturated rings. The minimum Gasteiger partial charge on any atom is -0.462 e. The molecule has 0 aromatic carbocycles. The van der Waals surface area contributed by atoms with Crippen molar-refractivity contribution >= 4 is 5.97 Å². The molecule has 1 N–H and O–H groups in total. The maximum absolute atomic E-state index is 12.2. The highest BCUT2D eigenvalue weighted by molar-refractivity contribution is 5.70. The fourth-order valence-electron chi connectivity index (χ4n) is 3.46. The van der Waals surface area contributed by atoms with Crippen molar-refractivity contribution in [1.29, 1.82) is 0 Å². The lowest BCUT2D eigenvalue weighted by Gasteiger charge is -2.34. The predicted molar refractivity (Wildman–Crippen MR) is 87.1 cm³/mol. The molecule has 5 nitrogen and oxygen atoms in total. The minimum absolute atomic E-state index is 0.0417. The van der Waals surface area contributed by atoms with Crippen molar-refractivity contribution in [2.45, 2.75) is 89.3 Å². The number of fused-ring (bicyclic) bond motifs is 2. The number of carbonyl (C=O) groups excluding carboxylic acids is 1. The van der Waals surface area contributed by atoms with Gasteiger partial charge in [0, 0.05) is 13.5 Å². The van der Waals surface area contributed by atoms with Gasteiger partial charge in [-0.25, -0.2) is 0 Å². The average Bonchev–Trinajstić information content (AvgIpc) is 2.49. The quantitative estimate of drug-likeness (QED) is 0.638. The van der Waals surface area contributed by atoms with E-state index in [0.717, 1.165) is 25.7 Å². The lowest BCUT2D eigenvalue weighted by molar-refractivity contribution is -0.162. The van der Waals surface area contributed by atoms with E-state index in [4.69, 9.17) is 14.2 Å². The summed E-state index contributed by atoms with van der Waals surface area (Å²) in [5.41, 5.74) is 1.22. The number of hydrogen-bond donors (Lipinski definition) is 1. The van der Waals surface area contributed by atoms with Gasteiger partial charge in [-0.05, 0) is 32.6 Å². The first-order valence-corrected chi connectivity index (χ1v) is 8.74. The van der Waals surface area contributed by atoms with E-state index in [1.807, 2.05) is 0 Å². The van der Waals surface area contributed by atoms with Crippen LogP contribution in [0.15, 0.2) is 11.6 Å². The van der Waals surface area contributed by atoms with Crippen LogP contribution in [0.5, 0.6) is 0 Å². The normalized spacial score (nSPS) is 38.7. The molecule has 0 unspecified atom stereocenters. The molecule has 23 heavy (non-hydrogen) atoms. The summed E-state index contributed by atoms with van der Waals surface area (Å²) >= 11 is 0. The standard InChI is InChI=1S/C18H30O5/c1-4-5-13-10-15(21-3)9-12(2)8-14-6-7-16(19)17(22-14)11-18(20)23-13/h8,13-17,19H,4-7,9-11H2,1-3H3/b12-8-/t13-,14-,15+,16+,17-/m1/s1. The first kappa shape index (κ1) is 18.4. The van der Waals surface area contributed by atoms with Crippen molar-refractivity contribution < 1.29 is 24.1 Å². The summed E-state index contributed by atoms with van der Waals surface area (Å²) in [6, 6.07) is 0. The van der Waals surface area contributed by atoms with Crippen molar-refractivity contribution in [3.05, 3.63) is 11.6 Å². The molecule has 1 saturated heterocycles. The highest BCUT2D eigenvalue weighted by Crippen LogP contribution is 2.27. The molecule has 2 rings (SSSR count). The number of ether oxygens (including phenoxy) is 3. The molecule has 5 heteroatoms. The third-order valence-corrected chi connectivity index (χ3v) is 4.68. The van der Waals surface area contributed by atoms with Gasteiger partial charge in [0.1, 0.15) is 6.10 Å². The third-order valence-electron chi connectivity index (χ3n) is 4.68. The van der Waals surface area contributed by atoms with E-state index in [2.05, 4.69) is 19.9 Å². The van der Waals surface area contributed by atoms with Crippen LogP contribution in [0.4, 0.5) is 0 Å². The second kappa shape index (κ2) is 8.81. The Hall–Kier alpha value is -0.910. The first-order valence-electron chi connectivity index (χ1n) is 8.74. The molecule has 0 aromatic heterocycles. The Morgan fingerprint density at radius 2 is 2.13 bits per heavy atom. The number of carbonyl (C=O) groups is 1. The van der Waals surface area contributed by atoms with Crippen molar-refractivity contribution in [2.24, 2.45) is 0 Å². The van der Waals surface area contributed by atoms with Crippen molar-refractivity contribution in [3.63, 3.8) is 0 Å². The van der Waals surface area contributed by atoms with Crippen molar-refractivity contribution in [1.82, 2.24) is 0 Å². The van der Waals surface area contributed by atoms with E-state index in [0.29, 0.717) is 12.8 Å². The Balaban J connectivity index is 2.17. The Morgan fingerprint density at radius 3 is 2.83 bits per heavy atom. The predicted octanol–water partition coefficient (Wildman–Crippen LogP) is 2.75. The summed E-state index contributed by atoms with van der Waals surface area (Å²) in [7, 11) is 1.71. The van der Waals surface area contributed by atoms with Gasteiger partial charge in [-0.2, -0.15) is 0 Å². The van der Waals surface area contributed by atoms with E-state index < -0.39 is 12.2 Å². The summed E-state index contributed by atoms with van der Waals surface area (Å²) < 4.78 is 17.1. The Labute approximate surface area is 139 Å². The van der Waals surface area contributed by atoms with Crippen LogP contribution < -0.4 is 0 Å². The van der Waals surface area contributed by atoms with Gasteiger partial charge in [0.2, 0.25) is 0 Å². The molecule has 0 amide bonds. The maximum atomic E-state index is 12.2. The molecule has 0 aliphatic carbocycles. The Kier molecular flexibility index (Phi) is 7.06. The van der Waals surface area contributed by atoms with E-state index >= 15 is 0 Å².